The zero-order chi connectivity index (χ0) is 22.9. The Hall–Kier alpha value is -3.68. The van der Waals surface area contributed by atoms with E-state index in [4.69, 9.17) is 15.3 Å². The Balaban J connectivity index is 1.33. The van der Waals surface area contributed by atoms with Crippen LogP contribution in [0.15, 0.2) is 84.0 Å². The number of carbonyl (C=O) groups excluding carboxylic acids is 1. The number of benzene rings is 3. The van der Waals surface area contributed by atoms with Crippen molar-refractivity contribution in [1.29, 1.82) is 0 Å². The third-order valence-corrected chi connectivity index (χ3v) is 5.35. The molecule has 3 aromatic rings. The number of amides is 1. The highest BCUT2D eigenvalue weighted by Crippen LogP contribution is 2.13. The molecule has 1 amide bonds. The van der Waals surface area contributed by atoms with Crippen LogP contribution in [0.3, 0.4) is 0 Å². The SMILES string of the molecule is N/C(=N/OCc1cccc(C(=O)Nc2ccccc2)c1)c1cccc(CN2CCOCC2)c1. The molecule has 0 spiro atoms. The summed E-state index contributed by atoms with van der Waals surface area (Å²) in [6.07, 6.45) is 0. The number of carbonyl (C=O) groups is 1. The van der Waals surface area contributed by atoms with Crippen LogP contribution in [0.1, 0.15) is 27.0 Å². The molecule has 7 nitrogen and oxygen atoms in total. The Morgan fingerprint density at radius 3 is 2.42 bits per heavy atom. The van der Waals surface area contributed by atoms with Gasteiger partial charge < -0.3 is 20.6 Å². The molecule has 0 bridgehead atoms. The van der Waals surface area contributed by atoms with Gasteiger partial charge in [-0.2, -0.15) is 0 Å². The number of rotatable bonds is 8. The summed E-state index contributed by atoms with van der Waals surface area (Å²) in [5.74, 6) is 0.139. The van der Waals surface area contributed by atoms with Crippen LogP contribution >= 0.6 is 0 Å². The molecule has 0 aromatic heterocycles. The summed E-state index contributed by atoms with van der Waals surface area (Å²) in [5.41, 5.74) is 10.3. The maximum atomic E-state index is 12.5. The third-order valence-electron chi connectivity index (χ3n) is 5.35. The van der Waals surface area contributed by atoms with E-state index in [0.29, 0.717) is 11.4 Å². The van der Waals surface area contributed by atoms with Crippen LogP contribution < -0.4 is 11.1 Å². The van der Waals surface area contributed by atoms with Crippen molar-refractivity contribution in [3.05, 3.63) is 101 Å². The molecule has 0 radical (unpaired) electrons. The van der Waals surface area contributed by atoms with Crippen molar-refractivity contribution >= 4 is 17.4 Å². The quantitative estimate of drug-likeness (QED) is 0.315. The van der Waals surface area contributed by atoms with Crippen LogP contribution in [0, 0.1) is 0 Å². The lowest BCUT2D eigenvalue weighted by molar-refractivity contribution is 0.0342. The zero-order valence-corrected chi connectivity index (χ0v) is 18.4. The second-order valence-corrected chi connectivity index (χ2v) is 7.86. The molecule has 1 aliphatic rings. The van der Waals surface area contributed by atoms with Gasteiger partial charge in [0.05, 0.1) is 13.2 Å². The molecule has 33 heavy (non-hydrogen) atoms. The summed E-state index contributed by atoms with van der Waals surface area (Å²) in [5, 5.41) is 6.96. The van der Waals surface area contributed by atoms with Crippen LogP contribution in [0.5, 0.6) is 0 Å². The first-order chi connectivity index (χ1) is 16.2. The van der Waals surface area contributed by atoms with Crippen molar-refractivity contribution in [3.63, 3.8) is 0 Å². The van der Waals surface area contributed by atoms with E-state index in [2.05, 4.69) is 21.4 Å². The first-order valence-electron chi connectivity index (χ1n) is 11.0. The van der Waals surface area contributed by atoms with Gasteiger partial charge in [-0.3, -0.25) is 9.69 Å². The number of para-hydroxylation sites is 1. The van der Waals surface area contributed by atoms with Crippen molar-refractivity contribution in [2.24, 2.45) is 10.9 Å². The Kier molecular flexibility index (Phi) is 7.68. The molecule has 0 saturated carbocycles. The number of amidine groups is 1. The number of anilines is 1. The van der Waals surface area contributed by atoms with E-state index in [9.17, 15) is 4.79 Å². The van der Waals surface area contributed by atoms with E-state index < -0.39 is 0 Å². The van der Waals surface area contributed by atoms with Crippen LogP contribution in [-0.4, -0.2) is 42.9 Å². The Morgan fingerprint density at radius 1 is 0.939 bits per heavy atom. The molecule has 0 unspecified atom stereocenters. The largest absolute Gasteiger partial charge is 0.389 e. The summed E-state index contributed by atoms with van der Waals surface area (Å²) in [7, 11) is 0. The molecule has 1 saturated heterocycles. The van der Waals surface area contributed by atoms with Gasteiger partial charge >= 0.3 is 0 Å². The predicted molar refractivity (Wildman–Crippen MR) is 129 cm³/mol. The van der Waals surface area contributed by atoms with E-state index in [1.807, 2.05) is 60.7 Å². The Bertz CT molecular complexity index is 1100. The molecule has 4 rings (SSSR count). The highest BCUT2D eigenvalue weighted by atomic mass is 16.6. The fraction of sp³-hybridized carbons (Fsp3) is 0.231. The fourth-order valence-electron chi connectivity index (χ4n) is 3.60. The van der Waals surface area contributed by atoms with Crippen LogP contribution in [-0.2, 0) is 22.7 Å². The van der Waals surface area contributed by atoms with Gasteiger partial charge in [-0.05, 0) is 41.5 Å². The Labute approximate surface area is 193 Å². The van der Waals surface area contributed by atoms with Crippen molar-refractivity contribution in [2.75, 3.05) is 31.6 Å². The fourth-order valence-corrected chi connectivity index (χ4v) is 3.60. The van der Waals surface area contributed by atoms with Gasteiger partial charge in [0.15, 0.2) is 5.84 Å². The average molecular weight is 445 g/mol. The molecule has 1 fully saturated rings. The van der Waals surface area contributed by atoms with Gasteiger partial charge in [0.2, 0.25) is 0 Å². The first kappa shape index (κ1) is 22.5. The Morgan fingerprint density at radius 2 is 1.64 bits per heavy atom. The molecule has 7 heteroatoms. The highest BCUT2D eigenvalue weighted by Gasteiger charge is 2.11. The van der Waals surface area contributed by atoms with Gasteiger partial charge in [-0.15, -0.1) is 0 Å². The lowest BCUT2D eigenvalue weighted by Crippen LogP contribution is -2.35. The molecule has 3 N–H and O–H groups in total. The molecule has 170 valence electrons. The molecular weight excluding hydrogens is 416 g/mol. The second-order valence-electron chi connectivity index (χ2n) is 7.86. The number of nitrogens with one attached hydrogen (secondary N) is 1. The minimum Gasteiger partial charge on any atom is -0.389 e. The van der Waals surface area contributed by atoms with Gasteiger partial charge in [-0.25, -0.2) is 0 Å². The van der Waals surface area contributed by atoms with E-state index in [0.717, 1.165) is 49.7 Å². The summed E-state index contributed by atoms with van der Waals surface area (Å²) in [6, 6.07) is 24.6. The molecular formula is C26H28N4O3. The van der Waals surface area contributed by atoms with E-state index in [1.165, 1.54) is 5.56 Å². The smallest absolute Gasteiger partial charge is 0.255 e. The van der Waals surface area contributed by atoms with Crippen molar-refractivity contribution in [2.45, 2.75) is 13.2 Å². The van der Waals surface area contributed by atoms with E-state index >= 15 is 0 Å². The normalized spacial score (nSPS) is 14.6. The summed E-state index contributed by atoms with van der Waals surface area (Å²) >= 11 is 0. The highest BCUT2D eigenvalue weighted by molar-refractivity contribution is 6.04. The third kappa shape index (κ3) is 6.65. The first-order valence-corrected chi connectivity index (χ1v) is 11.0. The monoisotopic (exact) mass is 444 g/mol. The van der Waals surface area contributed by atoms with Crippen LogP contribution in [0.25, 0.3) is 0 Å². The number of oxime groups is 1. The number of morpholine rings is 1. The second kappa shape index (κ2) is 11.3. The van der Waals surface area contributed by atoms with Crippen molar-refractivity contribution in [3.8, 4) is 0 Å². The minimum atomic E-state index is -0.178. The minimum absolute atomic E-state index is 0.178. The predicted octanol–water partition coefficient (Wildman–Crippen LogP) is 3.61. The number of ether oxygens (including phenoxy) is 1. The lowest BCUT2D eigenvalue weighted by Gasteiger charge is -2.26. The zero-order valence-electron chi connectivity index (χ0n) is 18.4. The number of nitrogens with zero attached hydrogens (tertiary/aromatic N) is 2. The lowest BCUT2D eigenvalue weighted by atomic mass is 10.1. The molecule has 3 aromatic carbocycles. The number of hydrogen-bond donors (Lipinski definition) is 2. The van der Waals surface area contributed by atoms with Crippen LogP contribution in [0.2, 0.25) is 0 Å². The summed E-state index contributed by atoms with van der Waals surface area (Å²) < 4.78 is 5.41. The van der Waals surface area contributed by atoms with Crippen LogP contribution in [0.4, 0.5) is 5.69 Å². The van der Waals surface area contributed by atoms with Gasteiger partial charge in [0.25, 0.3) is 5.91 Å². The number of hydrogen-bond acceptors (Lipinski definition) is 5. The summed E-state index contributed by atoms with van der Waals surface area (Å²) in [4.78, 5) is 20.3. The molecule has 1 heterocycles. The number of nitrogens with two attached hydrogens (primary N) is 1. The maximum Gasteiger partial charge on any atom is 0.255 e. The van der Waals surface area contributed by atoms with Crippen molar-refractivity contribution < 1.29 is 14.4 Å². The molecule has 0 atom stereocenters. The standard InChI is InChI=1S/C26H28N4O3/c27-25(22-8-4-6-20(16-22)18-30-12-14-32-15-13-30)29-33-19-21-7-5-9-23(17-21)26(31)28-24-10-2-1-3-11-24/h1-11,16-17H,12-15,18-19H2,(H2,27,29)(H,28,31). The molecule has 1 aliphatic heterocycles. The van der Waals surface area contributed by atoms with Crippen molar-refractivity contribution in [1.82, 2.24) is 4.90 Å². The van der Waals surface area contributed by atoms with Gasteiger partial charge in [0, 0.05) is 36.4 Å². The molecule has 0 aliphatic carbocycles. The van der Waals surface area contributed by atoms with Gasteiger partial charge in [-0.1, -0.05) is 53.7 Å². The average Bonchev–Trinajstić information content (AvgIpc) is 2.85. The van der Waals surface area contributed by atoms with Gasteiger partial charge in [0.1, 0.15) is 6.61 Å². The maximum absolute atomic E-state index is 12.5. The van der Waals surface area contributed by atoms with E-state index in [1.54, 1.807) is 12.1 Å². The van der Waals surface area contributed by atoms with E-state index in [-0.39, 0.29) is 12.5 Å². The summed E-state index contributed by atoms with van der Waals surface area (Å²) in [6.45, 7) is 4.46. The topological polar surface area (TPSA) is 89.2 Å².